The van der Waals surface area contributed by atoms with Gasteiger partial charge in [0.1, 0.15) is 0 Å². The smallest absolute Gasteiger partial charge is 0.221 e. The third-order valence-electron chi connectivity index (χ3n) is 2.83. The molecule has 5 heteroatoms. The third kappa shape index (κ3) is 6.28. The second kappa shape index (κ2) is 8.40. The molecule has 1 fully saturated rings. The molecule has 0 aromatic rings. The molecule has 2 N–H and O–H groups in total. The van der Waals surface area contributed by atoms with Crippen molar-refractivity contribution >= 4 is 22.8 Å². The van der Waals surface area contributed by atoms with E-state index in [9.17, 15) is 4.79 Å². The molecule has 1 saturated heterocycles. The topological polar surface area (TPSA) is 53.5 Å². The Labute approximate surface area is 114 Å². The molecule has 4 nitrogen and oxygen atoms in total. The van der Waals surface area contributed by atoms with Gasteiger partial charge in [0.2, 0.25) is 5.91 Å². The van der Waals surface area contributed by atoms with E-state index in [-0.39, 0.29) is 5.91 Å². The minimum absolute atomic E-state index is 0.0981. The SMILES string of the molecule is CCC1CCSC(=NCCC(=O)NCC(C)C)N1. The van der Waals surface area contributed by atoms with Gasteiger partial charge < -0.3 is 10.6 Å². The summed E-state index contributed by atoms with van der Waals surface area (Å²) in [5, 5.41) is 7.32. The van der Waals surface area contributed by atoms with Crippen molar-refractivity contribution in [1.29, 1.82) is 0 Å². The Kier molecular flexibility index (Phi) is 7.16. The van der Waals surface area contributed by atoms with Gasteiger partial charge in [0, 0.05) is 24.8 Å². The number of nitrogens with one attached hydrogen (secondary N) is 2. The molecule has 0 aromatic carbocycles. The number of amidine groups is 1. The molecule has 1 aliphatic heterocycles. The van der Waals surface area contributed by atoms with Gasteiger partial charge in [0.15, 0.2) is 5.17 Å². The second-order valence-corrected chi connectivity index (χ2v) is 6.11. The second-order valence-electron chi connectivity index (χ2n) is 5.02. The van der Waals surface area contributed by atoms with Gasteiger partial charge in [-0.25, -0.2) is 0 Å². The highest BCUT2D eigenvalue weighted by atomic mass is 32.2. The molecule has 0 saturated carbocycles. The summed E-state index contributed by atoms with van der Waals surface area (Å²) in [7, 11) is 0. The highest BCUT2D eigenvalue weighted by molar-refractivity contribution is 8.13. The maximum Gasteiger partial charge on any atom is 0.221 e. The van der Waals surface area contributed by atoms with Gasteiger partial charge >= 0.3 is 0 Å². The summed E-state index contributed by atoms with van der Waals surface area (Å²) < 4.78 is 0. The average molecular weight is 271 g/mol. The van der Waals surface area contributed by atoms with Crippen LogP contribution in [-0.4, -0.2) is 36.0 Å². The molecule has 0 radical (unpaired) electrons. The summed E-state index contributed by atoms with van der Waals surface area (Å²) in [5.74, 6) is 1.73. The number of hydrogen-bond donors (Lipinski definition) is 2. The van der Waals surface area contributed by atoms with E-state index < -0.39 is 0 Å². The van der Waals surface area contributed by atoms with Crippen molar-refractivity contribution in [2.24, 2.45) is 10.9 Å². The van der Waals surface area contributed by atoms with Crippen molar-refractivity contribution in [2.75, 3.05) is 18.8 Å². The predicted octanol–water partition coefficient (Wildman–Crippen LogP) is 2.01. The summed E-state index contributed by atoms with van der Waals surface area (Å²) in [6, 6.07) is 0.555. The summed E-state index contributed by atoms with van der Waals surface area (Å²) >= 11 is 1.76. The number of nitrogens with zero attached hydrogens (tertiary/aromatic N) is 1. The van der Waals surface area contributed by atoms with Gasteiger partial charge in [-0.15, -0.1) is 0 Å². The van der Waals surface area contributed by atoms with Crippen LogP contribution < -0.4 is 10.6 Å². The first-order valence-electron chi connectivity index (χ1n) is 6.82. The van der Waals surface area contributed by atoms with Gasteiger partial charge in [-0.2, -0.15) is 0 Å². The van der Waals surface area contributed by atoms with E-state index in [2.05, 4.69) is 36.4 Å². The van der Waals surface area contributed by atoms with Crippen LogP contribution in [-0.2, 0) is 4.79 Å². The van der Waals surface area contributed by atoms with Crippen LogP contribution in [0.15, 0.2) is 4.99 Å². The lowest BCUT2D eigenvalue weighted by atomic mass is 10.2. The lowest BCUT2D eigenvalue weighted by Crippen LogP contribution is -2.37. The molecule has 0 aromatic heterocycles. The lowest BCUT2D eigenvalue weighted by molar-refractivity contribution is -0.121. The Morgan fingerprint density at radius 1 is 1.61 bits per heavy atom. The fourth-order valence-corrected chi connectivity index (χ4v) is 2.68. The molecule has 0 spiro atoms. The van der Waals surface area contributed by atoms with E-state index >= 15 is 0 Å². The predicted molar refractivity (Wildman–Crippen MR) is 79.1 cm³/mol. The monoisotopic (exact) mass is 271 g/mol. The molecule has 1 aliphatic rings. The third-order valence-corrected chi connectivity index (χ3v) is 3.79. The molecule has 1 rings (SSSR count). The number of thioether (sulfide) groups is 1. The van der Waals surface area contributed by atoms with Crippen LogP contribution in [0, 0.1) is 5.92 Å². The standard InChI is InChI=1S/C13H25N3OS/c1-4-11-6-8-18-13(16-11)14-7-5-12(17)15-9-10(2)3/h10-11H,4-9H2,1-3H3,(H,14,16)(H,15,17). The van der Waals surface area contributed by atoms with E-state index in [0.717, 1.165) is 23.9 Å². The maximum atomic E-state index is 11.5. The van der Waals surface area contributed by atoms with E-state index in [0.29, 0.717) is 24.9 Å². The number of aliphatic imine (C=N–C) groups is 1. The fraction of sp³-hybridized carbons (Fsp3) is 0.846. The Bertz CT molecular complexity index is 292. The molecule has 1 atom stereocenters. The summed E-state index contributed by atoms with van der Waals surface area (Å²) in [5.41, 5.74) is 0. The molecular formula is C13H25N3OS. The zero-order valence-electron chi connectivity index (χ0n) is 11.7. The van der Waals surface area contributed by atoms with Crippen molar-refractivity contribution in [2.45, 2.75) is 46.1 Å². The number of carbonyl (C=O) groups is 1. The van der Waals surface area contributed by atoms with Crippen LogP contribution in [0.4, 0.5) is 0 Å². The van der Waals surface area contributed by atoms with Crippen LogP contribution in [0.5, 0.6) is 0 Å². The molecular weight excluding hydrogens is 246 g/mol. The Morgan fingerprint density at radius 3 is 3.06 bits per heavy atom. The largest absolute Gasteiger partial charge is 0.362 e. The normalized spacial score (nSPS) is 22.0. The zero-order chi connectivity index (χ0) is 13.4. The quantitative estimate of drug-likeness (QED) is 0.777. The summed E-state index contributed by atoms with van der Waals surface area (Å²) in [6.07, 6.45) is 2.82. The van der Waals surface area contributed by atoms with Crippen molar-refractivity contribution in [3.05, 3.63) is 0 Å². The van der Waals surface area contributed by atoms with Gasteiger partial charge in [0.05, 0.1) is 6.54 Å². The Balaban J connectivity index is 2.21. The molecule has 0 aliphatic carbocycles. The number of amides is 1. The van der Waals surface area contributed by atoms with Crippen LogP contribution in [0.2, 0.25) is 0 Å². The maximum absolute atomic E-state index is 11.5. The van der Waals surface area contributed by atoms with Gasteiger partial charge in [-0.1, -0.05) is 32.5 Å². The minimum atomic E-state index is 0.0981. The van der Waals surface area contributed by atoms with Crippen molar-refractivity contribution < 1.29 is 4.79 Å². The summed E-state index contributed by atoms with van der Waals surface area (Å²) in [4.78, 5) is 16.0. The first kappa shape index (κ1) is 15.3. The van der Waals surface area contributed by atoms with E-state index in [1.807, 2.05) is 0 Å². The number of hydrogen-bond acceptors (Lipinski definition) is 3. The molecule has 1 unspecified atom stereocenters. The van der Waals surface area contributed by atoms with Crippen molar-refractivity contribution in [3.8, 4) is 0 Å². The van der Waals surface area contributed by atoms with E-state index in [1.54, 1.807) is 11.8 Å². The molecule has 1 heterocycles. The number of rotatable bonds is 6. The van der Waals surface area contributed by atoms with Gasteiger partial charge in [0.25, 0.3) is 0 Å². The summed E-state index contributed by atoms with van der Waals surface area (Å²) in [6.45, 7) is 7.70. The highest BCUT2D eigenvalue weighted by Gasteiger charge is 2.15. The lowest BCUT2D eigenvalue weighted by Gasteiger charge is -2.24. The number of carbonyl (C=O) groups excluding carboxylic acids is 1. The highest BCUT2D eigenvalue weighted by Crippen LogP contribution is 2.15. The Morgan fingerprint density at radius 2 is 2.39 bits per heavy atom. The van der Waals surface area contributed by atoms with E-state index in [1.165, 1.54) is 6.42 Å². The van der Waals surface area contributed by atoms with Crippen LogP contribution in [0.1, 0.15) is 40.0 Å². The van der Waals surface area contributed by atoms with Gasteiger partial charge in [-0.3, -0.25) is 9.79 Å². The fourth-order valence-electron chi connectivity index (χ4n) is 1.65. The average Bonchev–Trinajstić information content (AvgIpc) is 2.36. The van der Waals surface area contributed by atoms with Gasteiger partial charge in [-0.05, 0) is 18.8 Å². The molecule has 104 valence electrons. The first-order chi connectivity index (χ1) is 8.61. The van der Waals surface area contributed by atoms with Crippen molar-refractivity contribution in [3.63, 3.8) is 0 Å². The van der Waals surface area contributed by atoms with Crippen LogP contribution in [0.25, 0.3) is 0 Å². The zero-order valence-corrected chi connectivity index (χ0v) is 12.5. The van der Waals surface area contributed by atoms with Crippen molar-refractivity contribution in [1.82, 2.24) is 10.6 Å². The van der Waals surface area contributed by atoms with Crippen LogP contribution >= 0.6 is 11.8 Å². The van der Waals surface area contributed by atoms with Crippen LogP contribution in [0.3, 0.4) is 0 Å². The molecule has 1 amide bonds. The minimum Gasteiger partial charge on any atom is -0.362 e. The molecule has 0 bridgehead atoms. The Hall–Kier alpha value is -0.710. The first-order valence-corrected chi connectivity index (χ1v) is 7.80. The molecule has 18 heavy (non-hydrogen) atoms. The van der Waals surface area contributed by atoms with E-state index in [4.69, 9.17) is 0 Å².